The van der Waals surface area contributed by atoms with E-state index in [0.29, 0.717) is 28.2 Å². The number of hydrogen-bond acceptors (Lipinski definition) is 8. The lowest BCUT2D eigenvalue weighted by Gasteiger charge is -2.09. The Morgan fingerprint density at radius 3 is 2.77 bits per heavy atom. The van der Waals surface area contributed by atoms with E-state index >= 15 is 0 Å². The molecule has 2 aromatic heterocycles. The number of fused-ring (bicyclic) bond motifs is 1. The minimum Gasteiger partial charge on any atom is -0.485 e. The molecule has 3 aromatic rings. The van der Waals surface area contributed by atoms with E-state index in [1.54, 1.807) is 6.92 Å². The van der Waals surface area contributed by atoms with Crippen LogP contribution in [0.2, 0.25) is 0 Å². The third-order valence-electron chi connectivity index (χ3n) is 5.86. The standard InChI is InChI=1S/C25H30N4O4S2/c1-4-32-24(31)22-17-11-6-5-7-13-19(17)35-23(22)26-21(30)15-34-25-28-27-20(29(25)3)14-33-18-12-9-8-10-16(18)2/h8-10,12H,4-7,11,13-15H2,1-3H3,(H,26,30). The topological polar surface area (TPSA) is 95.3 Å². The van der Waals surface area contributed by atoms with E-state index in [1.807, 2.05) is 42.8 Å². The number of thiophene rings is 1. The number of nitrogens with one attached hydrogen (secondary N) is 1. The number of benzene rings is 1. The van der Waals surface area contributed by atoms with Gasteiger partial charge in [0.1, 0.15) is 17.4 Å². The zero-order chi connectivity index (χ0) is 24.8. The van der Waals surface area contributed by atoms with E-state index < -0.39 is 0 Å². The van der Waals surface area contributed by atoms with Crippen LogP contribution < -0.4 is 10.1 Å². The maximum Gasteiger partial charge on any atom is 0.341 e. The van der Waals surface area contributed by atoms with Gasteiger partial charge < -0.3 is 19.4 Å². The van der Waals surface area contributed by atoms with Crippen LogP contribution in [0.4, 0.5) is 5.00 Å². The number of para-hydroxylation sites is 1. The molecule has 0 unspecified atom stereocenters. The lowest BCUT2D eigenvalue weighted by atomic mass is 10.1. The molecule has 2 heterocycles. The van der Waals surface area contributed by atoms with Gasteiger partial charge in [-0.3, -0.25) is 4.79 Å². The Balaban J connectivity index is 1.39. The Morgan fingerprint density at radius 2 is 1.97 bits per heavy atom. The Kier molecular flexibility index (Phi) is 8.46. The summed E-state index contributed by atoms with van der Waals surface area (Å²) < 4.78 is 13.0. The van der Waals surface area contributed by atoms with Crippen molar-refractivity contribution in [1.29, 1.82) is 0 Å². The van der Waals surface area contributed by atoms with Gasteiger partial charge >= 0.3 is 5.97 Å². The average Bonchev–Trinajstić information content (AvgIpc) is 3.27. The molecular formula is C25H30N4O4S2. The monoisotopic (exact) mass is 514 g/mol. The van der Waals surface area contributed by atoms with Gasteiger partial charge in [0, 0.05) is 11.9 Å². The summed E-state index contributed by atoms with van der Waals surface area (Å²) in [5.41, 5.74) is 2.62. The lowest BCUT2D eigenvalue weighted by molar-refractivity contribution is -0.113. The zero-order valence-electron chi connectivity index (χ0n) is 20.3. The van der Waals surface area contributed by atoms with E-state index in [4.69, 9.17) is 9.47 Å². The Labute approximate surface area is 213 Å². The first kappa shape index (κ1) is 25.2. The van der Waals surface area contributed by atoms with Crippen molar-refractivity contribution in [3.8, 4) is 5.75 Å². The number of amides is 1. The molecule has 1 amide bonds. The highest BCUT2D eigenvalue weighted by atomic mass is 32.2. The van der Waals surface area contributed by atoms with E-state index in [1.165, 1.54) is 28.0 Å². The molecule has 0 saturated heterocycles. The largest absolute Gasteiger partial charge is 0.485 e. The second kappa shape index (κ2) is 11.7. The highest BCUT2D eigenvalue weighted by Crippen LogP contribution is 2.38. The maximum absolute atomic E-state index is 12.8. The number of nitrogens with zero attached hydrogens (tertiary/aromatic N) is 3. The molecule has 0 bridgehead atoms. The van der Waals surface area contributed by atoms with Crippen molar-refractivity contribution in [2.24, 2.45) is 7.05 Å². The Hall–Kier alpha value is -2.85. The van der Waals surface area contributed by atoms with E-state index in [2.05, 4.69) is 15.5 Å². The fraction of sp³-hybridized carbons (Fsp3) is 0.440. The molecule has 0 aliphatic heterocycles. The summed E-state index contributed by atoms with van der Waals surface area (Å²) in [6.45, 7) is 4.36. The van der Waals surface area contributed by atoms with Gasteiger partial charge in [-0.25, -0.2) is 4.79 Å². The van der Waals surface area contributed by atoms with E-state index in [9.17, 15) is 9.59 Å². The minimum absolute atomic E-state index is 0.148. The number of anilines is 1. The van der Waals surface area contributed by atoms with Crippen LogP contribution in [-0.2, 0) is 36.0 Å². The van der Waals surface area contributed by atoms with Gasteiger partial charge in [-0.2, -0.15) is 0 Å². The molecule has 1 aromatic carbocycles. The number of ether oxygens (including phenoxy) is 2. The van der Waals surface area contributed by atoms with Gasteiger partial charge in [-0.15, -0.1) is 21.5 Å². The van der Waals surface area contributed by atoms with Crippen molar-refractivity contribution in [3.05, 3.63) is 51.7 Å². The van der Waals surface area contributed by atoms with Crippen LogP contribution in [0, 0.1) is 6.92 Å². The normalized spacial score (nSPS) is 13.1. The first-order chi connectivity index (χ1) is 17.0. The molecule has 1 N–H and O–H groups in total. The summed E-state index contributed by atoms with van der Waals surface area (Å²) in [6.07, 6.45) is 5.07. The number of aryl methyl sites for hydroxylation is 2. The molecule has 10 heteroatoms. The zero-order valence-corrected chi connectivity index (χ0v) is 21.9. The van der Waals surface area contributed by atoms with Crippen LogP contribution >= 0.6 is 23.1 Å². The van der Waals surface area contributed by atoms with Crippen molar-refractivity contribution in [3.63, 3.8) is 0 Å². The summed E-state index contributed by atoms with van der Waals surface area (Å²) >= 11 is 2.79. The van der Waals surface area contributed by atoms with Gasteiger partial charge in [0.25, 0.3) is 0 Å². The highest BCUT2D eigenvalue weighted by molar-refractivity contribution is 7.99. The molecule has 1 aliphatic rings. The SMILES string of the molecule is CCOC(=O)c1c(NC(=O)CSc2nnc(COc3ccccc3C)n2C)sc2c1CCCCC2. The van der Waals surface area contributed by atoms with Crippen LogP contribution in [0.3, 0.4) is 0 Å². The number of esters is 1. The van der Waals surface area contributed by atoms with Crippen LogP contribution in [-0.4, -0.2) is 39.0 Å². The first-order valence-electron chi connectivity index (χ1n) is 11.8. The second-order valence-electron chi connectivity index (χ2n) is 8.34. The smallest absolute Gasteiger partial charge is 0.341 e. The third-order valence-corrected chi connectivity index (χ3v) is 8.09. The minimum atomic E-state index is -0.360. The Bertz CT molecular complexity index is 1200. The second-order valence-corrected chi connectivity index (χ2v) is 10.4. The van der Waals surface area contributed by atoms with Crippen molar-refractivity contribution >= 4 is 40.0 Å². The number of aromatic nitrogens is 3. The summed E-state index contributed by atoms with van der Waals surface area (Å²) in [5.74, 6) is 1.06. The predicted molar refractivity (Wildman–Crippen MR) is 137 cm³/mol. The van der Waals surface area contributed by atoms with Crippen molar-refractivity contribution < 1.29 is 19.1 Å². The van der Waals surface area contributed by atoms with Gasteiger partial charge in [0.2, 0.25) is 5.91 Å². The molecule has 0 atom stereocenters. The number of thioether (sulfide) groups is 1. The van der Waals surface area contributed by atoms with Crippen molar-refractivity contribution in [1.82, 2.24) is 14.8 Å². The number of hydrogen-bond donors (Lipinski definition) is 1. The summed E-state index contributed by atoms with van der Waals surface area (Å²) in [6, 6.07) is 7.80. The van der Waals surface area contributed by atoms with Crippen LogP contribution in [0.5, 0.6) is 5.75 Å². The molecule has 0 radical (unpaired) electrons. The van der Waals surface area contributed by atoms with E-state index in [0.717, 1.165) is 49.0 Å². The number of carbonyl (C=O) groups is 2. The van der Waals surface area contributed by atoms with Crippen LogP contribution in [0.1, 0.15) is 58.4 Å². The molecule has 8 nitrogen and oxygen atoms in total. The van der Waals surface area contributed by atoms with E-state index in [-0.39, 0.29) is 24.2 Å². The molecule has 0 saturated carbocycles. The number of rotatable bonds is 9. The molecule has 4 rings (SSSR count). The fourth-order valence-corrected chi connectivity index (χ4v) is 6.02. The predicted octanol–water partition coefficient (Wildman–Crippen LogP) is 4.94. The van der Waals surface area contributed by atoms with Crippen LogP contribution in [0.15, 0.2) is 29.4 Å². The summed E-state index contributed by atoms with van der Waals surface area (Å²) in [4.78, 5) is 26.7. The fourth-order valence-electron chi connectivity index (χ4n) is 4.00. The molecule has 0 fully saturated rings. The highest BCUT2D eigenvalue weighted by Gasteiger charge is 2.26. The molecular weight excluding hydrogens is 484 g/mol. The molecule has 186 valence electrons. The van der Waals surface area contributed by atoms with Crippen LogP contribution in [0.25, 0.3) is 0 Å². The Morgan fingerprint density at radius 1 is 1.17 bits per heavy atom. The first-order valence-corrected chi connectivity index (χ1v) is 13.6. The van der Waals surface area contributed by atoms with Crippen molar-refractivity contribution in [2.75, 3.05) is 17.7 Å². The maximum atomic E-state index is 12.8. The third kappa shape index (κ3) is 6.05. The summed E-state index contributed by atoms with van der Waals surface area (Å²) in [7, 11) is 1.85. The lowest BCUT2D eigenvalue weighted by Crippen LogP contribution is -2.17. The summed E-state index contributed by atoms with van der Waals surface area (Å²) in [5, 5.41) is 12.6. The number of carbonyl (C=O) groups excluding carboxylic acids is 2. The quantitative estimate of drug-likeness (QED) is 0.245. The van der Waals surface area contributed by atoms with Gasteiger partial charge in [0.05, 0.1) is 17.9 Å². The molecule has 0 spiro atoms. The van der Waals surface area contributed by atoms with Gasteiger partial charge in [-0.1, -0.05) is 36.4 Å². The molecule has 1 aliphatic carbocycles. The van der Waals surface area contributed by atoms with Gasteiger partial charge in [0.15, 0.2) is 11.0 Å². The van der Waals surface area contributed by atoms with Gasteiger partial charge in [-0.05, 0) is 56.7 Å². The molecule has 35 heavy (non-hydrogen) atoms. The average molecular weight is 515 g/mol. The van der Waals surface area contributed by atoms with Crippen molar-refractivity contribution in [2.45, 2.75) is 57.7 Å².